The third kappa shape index (κ3) is 22.7. The molecular formula is C72H76O20P4. The first-order chi connectivity index (χ1) is 46.8. The summed E-state index contributed by atoms with van der Waals surface area (Å²) in [6.45, 7) is -5.07. The topological polar surface area (TPSA) is 238 Å². The highest BCUT2D eigenvalue weighted by Gasteiger charge is 2.62. The molecule has 0 heterocycles. The van der Waals surface area contributed by atoms with Crippen LogP contribution in [0.4, 0.5) is 0 Å². The fourth-order valence-corrected chi connectivity index (χ4v) is 15.3. The van der Waals surface area contributed by atoms with Crippen molar-refractivity contribution in [3.8, 4) is 0 Å². The monoisotopic (exact) mass is 1380 g/mol. The fraction of sp³-hybridized carbons (Fsp3) is 0.250. The van der Waals surface area contributed by atoms with E-state index in [9.17, 15) is 10.2 Å². The zero-order valence-corrected chi connectivity index (χ0v) is 55.9. The third-order valence-electron chi connectivity index (χ3n) is 14.8. The summed E-state index contributed by atoms with van der Waals surface area (Å²) >= 11 is 0. The van der Waals surface area contributed by atoms with Gasteiger partial charge in [-0.1, -0.05) is 273 Å². The summed E-state index contributed by atoms with van der Waals surface area (Å²) in [6.07, 6.45) is -13.9. The molecule has 2 N–H and O–H groups in total. The van der Waals surface area contributed by atoms with Crippen LogP contribution in [0.25, 0.3) is 0 Å². The minimum absolute atomic E-state index is 0.334. The van der Waals surface area contributed by atoms with Crippen molar-refractivity contribution in [2.24, 2.45) is 0 Å². The highest BCUT2D eigenvalue weighted by molar-refractivity contribution is 7.49. The average Bonchev–Trinajstić information content (AvgIpc) is 0.744. The summed E-state index contributed by atoms with van der Waals surface area (Å²) in [5.74, 6) is 0. The molecule has 504 valence electrons. The molecule has 96 heavy (non-hydrogen) atoms. The lowest BCUT2D eigenvalue weighted by Crippen LogP contribution is -2.67. The summed E-state index contributed by atoms with van der Waals surface area (Å²) in [4.78, 5) is 0. The van der Waals surface area contributed by atoms with E-state index < -0.39 is 93.8 Å². The van der Waals surface area contributed by atoms with Gasteiger partial charge >= 0.3 is 31.3 Å². The first-order valence-corrected chi connectivity index (χ1v) is 36.8. The molecule has 1 aliphatic carbocycles. The first kappa shape index (κ1) is 72.0. The number of aliphatic hydroxyl groups is 2. The molecule has 0 bridgehead atoms. The van der Waals surface area contributed by atoms with Crippen molar-refractivity contribution in [1.82, 2.24) is 0 Å². The second-order valence-corrected chi connectivity index (χ2v) is 28.5. The molecule has 0 aliphatic heterocycles. The zero-order chi connectivity index (χ0) is 66.7. The average molecular weight is 1390 g/mol. The highest BCUT2D eigenvalue weighted by atomic mass is 31.2. The van der Waals surface area contributed by atoms with Crippen molar-refractivity contribution >= 4 is 31.3 Å². The molecule has 0 radical (unpaired) electrons. The van der Waals surface area contributed by atoms with Crippen LogP contribution in [0.3, 0.4) is 0 Å². The number of hydrogen-bond acceptors (Lipinski definition) is 20. The van der Waals surface area contributed by atoms with Crippen LogP contribution in [0.1, 0.15) is 50.1 Å². The van der Waals surface area contributed by atoms with Crippen molar-refractivity contribution in [1.29, 1.82) is 0 Å². The van der Waals surface area contributed by atoms with Gasteiger partial charge in [0.05, 0.1) is 72.7 Å². The minimum Gasteiger partial charge on any atom is -0.394 e. The van der Waals surface area contributed by atoms with E-state index in [0.29, 0.717) is 50.1 Å². The Kier molecular flexibility index (Phi) is 27.6. The Labute approximate surface area is 559 Å². The number of phosphoric acid groups is 4. The Balaban J connectivity index is 1.22. The molecule has 10 rings (SSSR count). The van der Waals surface area contributed by atoms with Gasteiger partial charge < -0.3 is 19.7 Å². The molecular weight excluding hydrogens is 1310 g/mol. The van der Waals surface area contributed by atoms with Crippen molar-refractivity contribution < 1.29 is 92.2 Å². The second-order valence-electron chi connectivity index (χ2n) is 22.0. The van der Waals surface area contributed by atoms with Crippen LogP contribution in [-0.4, -0.2) is 66.2 Å². The van der Waals surface area contributed by atoms with Gasteiger partial charge in [-0.15, -0.1) is 0 Å². The Hall–Kier alpha value is -6.74. The van der Waals surface area contributed by atoms with Crippen LogP contribution in [0, 0.1) is 0 Å². The highest BCUT2D eigenvalue weighted by Crippen LogP contribution is 2.63. The molecule has 24 heteroatoms. The molecule has 1 saturated carbocycles. The first-order valence-electron chi connectivity index (χ1n) is 31.0. The van der Waals surface area contributed by atoms with Gasteiger partial charge in [-0.3, -0.25) is 54.3 Å². The normalized spacial score (nSPS) is 18.5. The fourth-order valence-electron chi connectivity index (χ4n) is 9.83. The van der Waals surface area contributed by atoms with Gasteiger partial charge in [0.15, 0.2) is 0 Å². The van der Waals surface area contributed by atoms with Gasteiger partial charge in [0.1, 0.15) is 42.7 Å². The molecule has 3 unspecified atom stereocenters. The van der Waals surface area contributed by atoms with Gasteiger partial charge in [0, 0.05) is 0 Å². The predicted molar refractivity (Wildman–Crippen MR) is 358 cm³/mol. The van der Waals surface area contributed by atoms with Crippen LogP contribution in [0.2, 0.25) is 0 Å². The van der Waals surface area contributed by atoms with Crippen LogP contribution in [0.15, 0.2) is 273 Å². The van der Waals surface area contributed by atoms with E-state index in [1.54, 1.807) is 273 Å². The van der Waals surface area contributed by atoms with E-state index in [1.165, 1.54) is 0 Å². The molecule has 9 aromatic carbocycles. The van der Waals surface area contributed by atoms with E-state index in [-0.39, 0.29) is 52.9 Å². The quantitative estimate of drug-likeness (QED) is 0.0340. The number of aliphatic hydroxyl groups excluding tert-OH is 2. The maximum absolute atomic E-state index is 16.5. The Morgan fingerprint density at radius 3 is 0.615 bits per heavy atom. The van der Waals surface area contributed by atoms with Crippen LogP contribution >= 0.6 is 31.3 Å². The smallest absolute Gasteiger partial charge is 0.394 e. The molecule has 8 atom stereocenters. The number of rotatable bonds is 39. The standard InChI is InChI=1S/C72H76O20P4/c73-46-66(74)56-88-96(78,87-55-65-44-26-9-27-45-65)89-69-67(79-47-57-28-10-1-11-29-57)70(90-93(75,81-49-59-32-14-3-15-33-59)82-50-60-34-16-4-17-35-60)72(92-95(77,85-53-63-40-22-7-23-41-63)86-54-64-42-24-8-25-43-64)71(68(69)80-48-58-30-12-2-13-31-58)91-94(76,83-51-61-36-18-5-19-37-61)84-52-62-38-20-6-21-39-62/h1-45,66-74H,46-56H2/t66-,67-,68-,69?,70-,71+,72?,96?/m0/s1. The van der Waals surface area contributed by atoms with Crippen LogP contribution in [0.5, 0.6) is 0 Å². The third-order valence-corrected chi connectivity index (χ3v) is 20.4. The largest absolute Gasteiger partial charge is 0.475 e. The van der Waals surface area contributed by atoms with Gasteiger partial charge in [0.25, 0.3) is 0 Å². The lowest BCUT2D eigenvalue weighted by Gasteiger charge is -2.50. The summed E-state index contributed by atoms with van der Waals surface area (Å²) in [6, 6.07) is 79.0. The Morgan fingerprint density at radius 1 is 0.250 bits per heavy atom. The number of ether oxygens (including phenoxy) is 2. The molecule has 1 fully saturated rings. The lowest BCUT2D eigenvalue weighted by molar-refractivity contribution is -0.241. The van der Waals surface area contributed by atoms with E-state index >= 15 is 18.3 Å². The van der Waals surface area contributed by atoms with Crippen molar-refractivity contribution in [2.75, 3.05) is 13.2 Å². The summed E-state index contributed by atoms with van der Waals surface area (Å²) in [7, 11) is -20.9. The lowest BCUT2D eigenvalue weighted by atomic mass is 9.84. The van der Waals surface area contributed by atoms with Crippen LogP contribution < -0.4 is 0 Å². The molecule has 20 nitrogen and oxygen atoms in total. The molecule has 0 spiro atoms. The van der Waals surface area contributed by atoms with Gasteiger partial charge in [-0.05, 0) is 50.1 Å². The Bertz CT molecular complexity index is 3580. The van der Waals surface area contributed by atoms with Crippen molar-refractivity contribution in [3.63, 3.8) is 0 Å². The van der Waals surface area contributed by atoms with E-state index in [0.717, 1.165) is 0 Å². The van der Waals surface area contributed by atoms with Crippen molar-refractivity contribution in [3.05, 3.63) is 323 Å². The van der Waals surface area contributed by atoms with E-state index in [2.05, 4.69) is 0 Å². The van der Waals surface area contributed by atoms with Crippen molar-refractivity contribution in [2.45, 2.75) is 102 Å². The minimum atomic E-state index is -5.25. The SMILES string of the molecule is O=P(OCc1ccccc1)(OCc1ccccc1)OC1[C@@H](OP(=O)(OCc2ccccc2)OCc2ccccc2)[C@@H](OCc2ccccc2)C(OP(=O)(OCc2ccccc2)OC[C@@H](O)CO)[C@H](OCc2ccccc2)[C@H]1OP(=O)(OCc1ccccc1)OCc1ccccc1. The molecule has 1 aliphatic rings. The maximum Gasteiger partial charge on any atom is 0.475 e. The number of phosphoric ester groups is 4. The summed E-state index contributed by atoms with van der Waals surface area (Å²) in [5.41, 5.74) is 4.83. The summed E-state index contributed by atoms with van der Waals surface area (Å²) in [5, 5.41) is 21.1. The van der Waals surface area contributed by atoms with E-state index in [1.807, 2.05) is 0 Å². The van der Waals surface area contributed by atoms with E-state index in [4.69, 9.17) is 63.8 Å². The molecule has 0 saturated heterocycles. The van der Waals surface area contributed by atoms with Gasteiger partial charge in [-0.2, -0.15) is 0 Å². The molecule has 0 aromatic heterocycles. The molecule has 0 amide bonds. The zero-order valence-electron chi connectivity index (χ0n) is 52.3. The molecule has 9 aromatic rings. The maximum atomic E-state index is 16.5. The van der Waals surface area contributed by atoms with Gasteiger partial charge in [0.2, 0.25) is 0 Å². The number of benzene rings is 9. The number of hydrogen-bond donors (Lipinski definition) is 2. The van der Waals surface area contributed by atoms with Gasteiger partial charge in [-0.25, -0.2) is 18.3 Å². The Morgan fingerprint density at radius 2 is 0.417 bits per heavy atom. The second kappa shape index (κ2) is 36.7. The predicted octanol–water partition coefficient (Wildman–Crippen LogP) is 16.0. The summed E-state index contributed by atoms with van der Waals surface area (Å²) < 4.78 is 158. The van der Waals surface area contributed by atoms with Crippen LogP contribution in [-0.2, 0) is 141 Å².